The van der Waals surface area contributed by atoms with Gasteiger partial charge in [-0.05, 0) is 18.2 Å². The van der Waals surface area contributed by atoms with E-state index in [0.29, 0.717) is 15.7 Å². The standard InChI is InChI=1S/C12H10Cl2N4O3/c1-21-12(20)10-5-18(17-16-10)6-11(19)15-9-4-7(13)2-3-8(9)14/h2-5H,6H2,1H3,(H,15,19). The van der Waals surface area contributed by atoms with Gasteiger partial charge >= 0.3 is 5.97 Å². The molecule has 0 spiro atoms. The number of benzene rings is 1. The second kappa shape index (κ2) is 6.55. The highest BCUT2D eigenvalue weighted by atomic mass is 35.5. The highest BCUT2D eigenvalue weighted by Crippen LogP contribution is 2.25. The first kappa shape index (κ1) is 15.3. The van der Waals surface area contributed by atoms with Crippen molar-refractivity contribution in [3.63, 3.8) is 0 Å². The maximum absolute atomic E-state index is 11.9. The van der Waals surface area contributed by atoms with Gasteiger partial charge < -0.3 is 10.1 Å². The van der Waals surface area contributed by atoms with Gasteiger partial charge in [-0.1, -0.05) is 28.4 Å². The van der Waals surface area contributed by atoms with Gasteiger partial charge in [-0.15, -0.1) is 5.10 Å². The third-order valence-corrected chi connectivity index (χ3v) is 3.01. The van der Waals surface area contributed by atoms with Crippen molar-refractivity contribution in [3.05, 3.63) is 40.1 Å². The number of methoxy groups -OCH3 is 1. The van der Waals surface area contributed by atoms with E-state index < -0.39 is 5.97 Å². The van der Waals surface area contributed by atoms with Gasteiger partial charge in [0.1, 0.15) is 6.54 Å². The van der Waals surface area contributed by atoms with Crippen molar-refractivity contribution in [2.24, 2.45) is 0 Å². The van der Waals surface area contributed by atoms with Gasteiger partial charge in [0.05, 0.1) is 24.0 Å². The summed E-state index contributed by atoms with van der Waals surface area (Å²) < 4.78 is 5.70. The van der Waals surface area contributed by atoms with Gasteiger partial charge in [-0.25, -0.2) is 9.48 Å². The highest BCUT2D eigenvalue weighted by molar-refractivity contribution is 6.35. The SMILES string of the molecule is COC(=O)c1cn(CC(=O)Nc2cc(Cl)ccc2Cl)nn1. The smallest absolute Gasteiger partial charge is 0.360 e. The molecule has 1 heterocycles. The molecule has 1 amide bonds. The summed E-state index contributed by atoms with van der Waals surface area (Å²) >= 11 is 11.8. The summed E-state index contributed by atoms with van der Waals surface area (Å²) in [6, 6.07) is 4.72. The number of nitrogens with zero attached hydrogens (tertiary/aromatic N) is 3. The number of anilines is 1. The van der Waals surface area contributed by atoms with Crippen molar-refractivity contribution >= 4 is 40.8 Å². The maximum atomic E-state index is 11.9. The zero-order valence-corrected chi connectivity index (χ0v) is 12.4. The molecule has 110 valence electrons. The Hall–Kier alpha value is -2.12. The summed E-state index contributed by atoms with van der Waals surface area (Å²) in [5.41, 5.74) is 0.411. The van der Waals surface area contributed by atoms with Gasteiger partial charge in [-0.3, -0.25) is 4.79 Å². The largest absolute Gasteiger partial charge is 0.464 e. The summed E-state index contributed by atoms with van der Waals surface area (Å²) in [6.07, 6.45) is 1.31. The molecule has 0 saturated heterocycles. The van der Waals surface area contributed by atoms with E-state index in [4.69, 9.17) is 23.2 Å². The average molecular weight is 329 g/mol. The van der Waals surface area contributed by atoms with Crippen LogP contribution >= 0.6 is 23.2 Å². The van der Waals surface area contributed by atoms with Crippen LogP contribution in [0.1, 0.15) is 10.5 Å². The van der Waals surface area contributed by atoms with Crippen molar-refractivity contribution in [3.8, 4) is 0 Å². The number of nitrogens with one attached hydrogen (secondary N) is 1. The zero-order chi connectivity index (χ0) is 15.4. The Morgan fingerprint density at radius 2 is 2.14 bits per heavy atom. The Kier molecular flexibility index (Phi) is 4.77. The first-order chi connectivity index (χ1) is 9.99. The average Bonchev–Trinajstić information content (AvgIpc) is 2.90. The van der Waals surface area contributed by atoms with Crippen LogP contribution in [0.2, 0.25) is 10.0 Å². The van der Waals surface area contributed by atoms with Gasteiger partial charge in [0.25, 0.3) is 0 Å². The first-order valence-electron chi connectivity index (χ1n) is 5.73. The zero-order valence-electron chi connectivity index (χ0n) is 10.8. The number of aromatic nitrogens is 3. The van der Waals surface area contributed by atoms with Crippen molar-refractivity contribution in [2.75, 3.05) is 12.4 Å². The normalized spacial score (nSPS) is 10.2. The van der Waals surface area contributed by atoms with E-state index in [9.17, 15) is 9.59 Å². The third kappa shape index (κ3) is 3.93. The third-order valence-electron chi connectivity index (χ3n) is 2.44. The van der Waals surface area contributed by atoms with Crippen LogP contribution in [0.5, 0.6) is 0 Å². The monoisotopic (exact) mass is 328 g/mol. The number of carbonyl (C=O) groups is 2. The molecule has 7 nitrogen and oxygen atoms in total. The van der Waals surface area contributed by atoms with Gasteiger partial charge in [0, 0.05) is 5.02 Å². The van der Waals surface area contributed by atoms with Gasteiger partial charge in [-0.2, -0.15) is 0 Å². The first-order valence-corrected chi connectivity index (χ1v) is 6.48. The number of rotatable bonds is 4. The Morgan fingerprint density at radius 3 is 2.86 bits per heavy atom. The predicted molar refractivity (Wildman–Crippen MR) is 76.5 cm³/mol. The Balaban J connectivity index is 2.03. The molecule has 0 atom stereocenters. The van der Waals surface area contributed by atoms with Gasteiger partial charge in [0.15, 0.2) is 5.69 Å². The second-order valence-corrected chi connectivity index (χ2v) is 4.81. The van der Waals surface area contributed by atoms with Crippen LogP contribution in [0.3, 0.4) is 0 Å². The van der Waals surface area contributed by atoms with E-state index in [0.717, 1.165) is 0 Å². The lowest BCUT2D eigenvalue weighted by Crippen LogP contribution is -2.19. The van der Waals surface area contributed by atoms with Gasteiger partial charge in [0.2, 0.25) is 5.91 Å². The number of amides is 1. The molecule has 1 aromatic carbocycles. The highest BCUT2D eigenvalue weighted by Gasteiger charge is 2.13. The summed E-state index contributed by atoms with van der Waals surface area (Å²) in [7, 11) is 1.23. The number of esters is 1. The molecule has 0 bridgehead atoms. The molecular formula is C12H10Cl2N4O3. The van der Waals surface area contributed by atoms with Crippen LogP contribution in [0.4, 0.5) is 5.69 Å². The Labute approximate surface area is 129 Å². The molecule has 0 radical (unpaired) electrons. The predicted octanol–water partition coefficient (Wildman–Crippen LogP) is 2.01. The maximum Gasteiger partial charge on any atom is 0.360 e. The molecular weight excluding hydrogens is 319 g/mol. The van der Waals surface area contributed by atoms with E-state index in [-0.39, 0.29) is 18.1 Å². The van der Waals surface area contributed by atoms with Crippen molar-refractivity contribution in [1.29, 1.82) is 0 Å². The Morgan fingerprint density at radius 1 is 1.38 bits per heavy atom. The fourth-order valence-corrected chi connectivity index (χ4v) is 1.84. The molecule has 2 aromatic rings. The molecule has 9 heteroatoms. The minimum Gasteiger partial charge on any atom is -0.464 e. The summed E-state index contributed by atoms with van der Waals surface area (Å²) in [5.74, 6) is -1.01. The van der Waals surface area contributed by atoms with E-state index in [1.54, 1.807) is 12.1 Å². The molecule has 21 heavy (non-hydrogen) atoms. The fourth-order valence-electron chi connectivity index (χ4n) is 1.50. The number of hydrogen-bond donors (Lipinski definition) is 1. The topological polar surface area (TPSA) is 86.1 Å². The lowest BCUT2D eigenvalue weighted by atomic mass is 10.3. The van der Waals surface area contributed by atoms with E-state index >= 15 is 0 Å². The summed E-state index contributed by atoms with van der Waals surface area (Å²) in [5, 5.41) is 10.6. The van der Waals surface area contributed by atoms with Crippen molar-refractivity contribution < 1.29 is 14.3 Å². The number of carbonyl (C=O) groups excluding carboxylic acids is 2. The summed E-state index contributed by atoms with van der Waals surface area (Å²) in [6.45, 7) is -0.132. The molecule has 0 unspecified atom stereocenters. The summed E-state index contributed by atoms with van der Waals surface area (Å²) in [4.78, 5) is 23.1. The van der Waals surface area contributed by atoms with E-state index in [1.807, 2.05) is 0 Å². The lowest BCUT2D eigenvalue weighted by Gasteiger charge is -2.07. The van der Waals surface area contributed by atoms with Crippen LogP contribution in [0, 0.1) is 0 Å². The fraction of sp³-hybridized carbons (Fsp3) is 0.167. The minimum atomic E-state index is -0.625. The lowest BCUT2D eigenvalue weighted by molar-refractivity contribution is -0.116. The van der Waals surface area contributed by atoms with Crippen molar-refractivity contribution in [1.82, 2.24) is 15.0 Å². The molecule has 1 aromatic heterocycles. The number of ether oxygens (including phenoxy) is 1. The van der Waals surface area contributed by atoms with E-state index in [2.05, 4.69) is 20.4 Å². The molecule has 0 fully saturated rings. The van der Waals surface area contributed by atoms with Crippen LogP contribution in [-0.2, 0) is 16.1 Å². The van der Waals surface area contributed by atoms with Crippen LogP contribution in [-0.4, -0.2) is 34.0 Å². The molecule has 0 aliphatic carbocycles. The van der Waals surface area contributed by atoms with Crippen LogP contribution in [0.25, 0.3) is 0 Å². The number of hydrogen-bond acceptors (Lipinski definition) is 5. The molecule has 2 rings (SSSR count). The second-order valence-electron chi connectivity index (χ2n) is 3.97. The number of halogens is 2. The Bertz CT molecular complexity index is 687. The molecule has 0 aliphatic heterocycles. The van der Waals surface area contributed by atoms with Crippen molar-refractivity contribution in [2.45, 2.75) is 6.54 Å². The van der Waals surface area contributed by atoms with Crippen LogP contribution in [0.15, 0.2) is 24.4 Å². The molecule has 0 saturated carbocycles. The molecule has 0 aliphatic rings. The minimum absolute atomic E-state index is 0.0195. The van der Waals surface area contributed by atoms with E-state index in [1.165, 1.54) is 24.1 Å². The molecule has 1 N–H and O–H groups in total. The quantitative estimate of drug-likeness (QED) is 0.867. The van der Waals surface area contributed by atoms with Crippen LogP contribution < -0.4 is 5.32 Å².